The van der Waals surface area contributed by atoms with Gasteiger partial charge in [-0.25, -0.2) is 0 Å². The van der Waals surface area contributed by atoms with Crippen molar-refractivity contribution >= 4 is 23.4 Å². The number of halogens is 2. The Morgan fingerprint density at radius 3 is 1.45 bits per heavy atom. The van der Waals surface area contributed by atoms with Crippen LogP contribution in [-0.4, -0.2) is 54.0 Å². The highest BCUT2D eigenvalue weighted by atomic mass is 18.2. The molecule has 4 unspecified atom stereocenters. The average molecular weight is 424 g/mol. The molecule has 172 valence electrons. The SMILES string of the molecule is C.CC(=O)C(N)CC(CCC[18F])C(=O)O.CC(=O)C(N)CC(CCC[18F])C(N)=O. The van der Waals surface area contributed by atoms with Crippen LogP contribution in [0.5, 0.6) is 0 Å². The summed E-state index contributed by atoms with van der Waals surface area (Å²) in [6.07, 6.45) is 1.36. The zero-order valence-corrected chi connectivity index (χ0v) is 16.5. The van der Waals surface area contributed by atoms with Gasteiger partial charge >= 0.3 is 5.97 Å². The van der Waals surface area contributed by atoms with E-state index in [9.17, 15) is 28.0 Å². The topological polar surface area (TPSA) is 167 Å². The largest absolute Gasteiger partial charge is 0.481 e. The summed E-state index contributed by atoms with van der Waals surface area (Å²) in [7, 11) is 0. The van der Waals surface area contributed by atoms with Crippen molar-refractivity contribution in [2.75, 3.05) is 13.3 Å². The monoisotopic (exact) mass is 423 g/mol. The maximum atomic E-state index is 11.9. The van der Waals surface area contributed by atoms with E-state index in [0.29, 0.717) is 6.42 Å². The van der Waals surface area contributed by atoms with Crippen LogP contribution in [0.4, 0.5) is 8.78 Å². The van der Waals surface area contributed by atoms with Crippen LogP contribution in [0.15, 0.2) is 0 Å². The first kappa shape index (κ1) is 31.7. The first-order valence-electron chi connectivity index (χ1n) is 9.13. The Morgan fingerprint density at radius 1 is 0.828 bits per heavy atom. The molecule has 0 aliphatic rings. The zero-order chi connectivity index (χ0) is 22.3. The van der Waals surface area contributed by atoms with Gasteiger partial charge in [0.25, 0.3) is 0 Å². The molecule has 0 radical (unpaired) electrons. The van der Waals surface area contributed by atoms with Crippen molar-refractivity contribution in [3.05, 3.63) is 0 Å². The second-order valence-electron chi connectivity index (χ2n) is 6.70. The summed E-state index contributed by atoms with van der Waals surface area (Å²) in [6, 6.07) is -1.43. The number of Topliss-reactive ketones (excluding diaryl/α,β-unsaturated/α-hetero) is 2. The van der Waals surface area contributed by atoms with Gasteiger partial charge in [0.05, 0.1) is 31.4 Å². The van der Waals surface area contributed by atoms with Crippen LogP contribution in [0.1, 0.15) is 59.8 Å². The molecule has 1 amide bonds. The third-order valence-electron chi connectivity index (χ3n) is 4.25. The standard InChI is InChI=1S/C9H17FN2O2.C9H16FNO3.CH4/c1-6(13)8(11)5-7(9(12)14)3-2-4-10;1-6(12)8(11)5-7(9(13)14)3-2-4-10;/h7-8H,2-5,11H2,1H3,(H2,12,14);7-8H,2-5,11H2,1H3,(H,13,14);1H4/i2*10-1;. The van der Waals surface area contributed by atoms with E-state index < -0.39 is 49.1 Å². The van der Waals surface area contributed by atoms with Gasteiger partial charge in [0.1, 0.15) is 11.6 Å². The molecule has 0 aromatic carbocycles. The maximum Gasteiger partial charge on any atom is 0.306 e. The van der Waals surface area contributed by atoms with E-state index in [-0.39, 0.29) is 51.1 Å². The van der Waals surface area contributed by atoms with Crippen molar-refractivity contribution in [1.29, 1.82) is 0 Å². The summed E-state index contributed by atoms with van der Waals surface area (Å²) >= 11 is 0. The molecule has 0 aliphatic heterocycles. The van der Waals surface area contributed by atoms with E-state index in [1.807, 2.05) is 0 Å². The second-order valence-corrected chi connectivity index (χ2v) is 6.70. The molecule has 0 bridgehead atoms. The summed E-state index contributed by atoms with van der Waals surface area (Å²) in [6.45, 7) is 1.65. The fourth-order valence-electron chi connectivity index (χ4n) is 2.31. The molecule has 10 heteroatoms. The molecule has 0 heterocycles. The normalized spacial score (nSPS) is 14.3. The number of carbonyl (C=O) groups is 4. The van der Waals surface area contributed by atoms with Crippen LogP contribution in [0.3, 0.4) is 0 Å². The third kappa shape index (κ3) is 16.7. The Hall–Kier alpha value is -1.94. The fourth-order valence-corrected chi connectivity index (χ4v) is 2.31. The lowest BCUT2D eigenvalue weighted by molar-refractivity contribution is -0.142. The lowest BCUT2D eigenvalue weighted by atomic mass is 9.93. The maximum absolute atomic E-state index is 11.9. The van der Waals surface area contributed by atoms with Crippen LogP contribution >= 0.6 is 0 Å². The van der Waals surface area contributed by atoms with Gasteiger partial charge in [-0.05, 0) is 52.4 Å². The predicted octanol–water partition coefficient (Wildman–Crippen LogP) is 1.52. The van der Waals surface area contributed by atoms with Crippen molar-refractivity contribution in [2.24, 2.45) is 29.0 Å². The van der Waals surface area contributed by atoms with Crippen molar-refractivity contribution < 1.29 is 33.1 Å². The van der Waals surface area contributed by atoms with Crippen LogP contribution in [0, 0.1) is 11.8 Å². The van der Waals surface area contributed by atoms with E-state index in [4.69, 9.17) is 22.3 Å². The Bertz CT molecular complexity index is 462. The van der Waals surface area contributed by atoms with Crippen molar-refractivity contribution in [3.63, 3.8) is 0 Å². The summed E-state index contributed by atoms with van der Waals surface area (Å²) < 4.78 is 23.7. The summed E-state index contributed by atoms with van der Waals surface area (Å²) in [5, 5.41) is 8.74. The molecule has 0 aromatic rings. The van der Waals surface area contributed by atoms with Crippen LogP contribution in [-0.2, 0) is 19.2 Å². The predicted molar refractivity (Wildman–Crippen MR) is 108 cm³/mol. The van der Waals surface area contributed by atoms with E-state index in [2.05, 4.69) is 0 Å². The van der Waals surface area contributed by atoms with Crippen molar-refractivity contribution in [2.45, 2.75) is 71.9 Å². The second kappa shape index (κ2) is 18.1. The van der Waals surface area contributed by atoms with Crippen LogP contribution < -0.4 is 17.2 Å². The molecule has 0 spiro atoms. The number of rotatable bonds is 14. The first-order valence-corrected chi connectivity index (χ1v) is 9.13. The Kier molecular flexibility index (Phi) is 19.8. The van der Waals surface area contributed by atoms with Gasteiger partial charge in [0, 0.05) is 5.92 Å². The number of carboxylic acid groups (broad SMARTS) is 1. The molecule has 0 saturated carbocycles. The minimum absolute atomic E-state index is 0. The lowest BCUT2D eigenvalue weighted by Gasteiger charge is -2.15. The number of primary amides is 1. The minimum Gasteiger partial charge on any atom is -0.481 e. The first-order chi connectivity index (χ1) is 13.0. The molecule has 7 N–H and O–H groups in total. The number of ketones is 2. The van der Waals surface area contributed by atoms with Crippen LogP contribution in [0.25, 0.3) is 0 Å². The molecule has 0 aliphatic carbocycles. The van der Waals surface area contributed by atoms with Gasteiger partial charge < -0.3 is 22.3 Å². The van der Waals surface area contributed by atoms with Crippen LogP contribution in [0.2, 0.25) is 0 Å². The number of nitrogens with two attached hydrogens (primary N) is 3. The van der Waals surface area contributed by atoms with Gasteiger partial charge in [-0.15, -0.1) is 0 Å². The van der Waals surface area contributed by atoms with Crippen molar-refractivity contribution in [3.8, 4) is 0 Å². The van der Waals surface area contributed by atoms with E-state index in [0.717, 1.165) is 0 Å². The zero-order valence-electron chi connectivity index (χ0n) is 16.5. The van der Waals surface area contributed by atoms with E-state index >= 15 is 0 Å². The molecule has 4 atom stereocenters. The van der Waals surface area contributed by atoms with Gasteiger partial charge in [-0.3, -0.25) is 28.0 Å². The number of hydrogen-bond acceptors (Lipinski definition) is 6. The van der Waals surface area contributed by atoms with Gasteiger partial charge in [0.15, 0.2) is 0 Å². The highest BCUT2D eigenvalue weighted by Gasteiger charge is 2.22. The van der Waals surface area contributed by atoms with Gasteiger partial charge in [-0.2, -0.15) is 0 Å². The van der Waals surface area contributed by atoms with Gasteiger partial charge in [-0.1, -0.05) is 7.43 Å². The quantitative estimate of drug-likeness (QED) is 0.328. The number of carbonyl (C=O) groups excluding carboxylic acids is 3. The number of alkyl halides is 2. The number of aliphatic carboxylic acids is 1. The van der Waals surface area contributed by atoms with E-state index in [1.165, 1.54) is 13.8 Å². The van der Waals surface area contributed by atoms with Crippen molar-refractivity contribution in [1.82, 2.24) is 0 Å². The number of hydrogen-bond donors (Lipinski definition) is 4. The Morgan fingerprint density at radius 2 is 1.17 bits per heavy atom. The molecule has 0 saturated heterocycles. The van der Waals surface area contributed by atoms with Gasteiger partial charge in [0.2, 0.25) is 5.91 Å². The molecular formula is C19H37F2N3O5. The summed E-state index contributed by atoms with van der Waals surface area (Å²) in [4.78, 5) is 43.2. The Balaban J connectivity index is -0.000000451. The average Bonchev–Trinajstić information content (AvgIpc) is 2.61. The molecule has 8 nitrogen and oxygen atoms in total. The smallest absolute Gasteiger partial charge is 0.306 e. The minimum atomic E-state index is -1.02. The van der Waals surface area contributed by atoms with E-state index in [1.54, 1.807) is 0 Å². The lowest BCUT2D eigenvalue weighted by Crippen LogP contribution is -2.35. The fraction of sp³-hybridized carbons (Fsp3) is 0.789. The summed E-state index contributed by atoms with van der Waals surface area (Å²) in [5.74, 6) is -3.17. The third-order valence-corrected chi connectivity index (χ3v) is 4.25. The molecule has 0 rings (SSSR count). The molecule has 29 heavy (non-hydrogen) atoms. The molecule has 0 fully saturated rings. The number of amides is 1. The number of carboxylic acids is 1. The molecule has 0 aromatic heterocycles. The Labute approximate surface area is 171 Å². The highest BCUT2D eigenvalue weighted by Crippen LogP contribution is 2.14. The molecular weight excluding hydrogens is 386 g/mol. The highest BCUT2D eigenvalue weighted by molar-refractivity contribution is 5.83. The summed E-state index contributed by atoms with van der Waals surface area (Å²) in [5.41, 5.74) is 16.0.